The van der Waals surface area contributed by atoms with Gasteiger partial charge in [-0.2, -0.15) is 0 Å². The molecule has 0 saturated heterocycles. The molecule has 4 aromatic carbocycles. The lowest BCUT2D eigenvalue weighted by Gasteiger charge is -2.12. The van der Waals surface area contributed by atoms with Gasteiger partial charge in [-0.15, -0.1) is 0 Å². The van der Waals surface area contributed by atoms with Crippen LogP contribution in [-0.4, -0.2) is 18.4 Å². The van der Waals surface area contributed by atoms with Crippen LogP contribution in [0.15, 0.2) is 114 Å². The summed E-state index contributed by atoms with van der Waals surface area (Å²) in [5, 5.41) is 6.55. The summed E-state index contributed by atoms with van der Waals surface area (Å²) in [6.45, 7) is 3.87. The fourth-order valence-corrected chi connectivity index (χ4v) is 4.98. The van der Waals surface area contributed by atoms with Crippen molar-refractivity contribution >= 4 is 38.7 Å². The van der Waals surface area contributed by atoms with Crippen molar-refractivity contribution in [2.75, 3.05) is 15.4 Å². The molecule has 38 heavy (non-hydrogen) atoms. The summed E-state index contributed by atoms with van der Waals surface area (Å²) in [7, 11) is -3.73. The zero-order valence-corrected chi connectivity index (χ0v) is 21.8. The monoisotopic (exact) mass is 521 g/mol. The number of hydrogen-bond acceptors (Lipinski definition) is 6. The van der Waals surface area contributed by atoms with Crippen LogP contribution in [-0.2, 0) is 10.0 Å². The Labute approximate surface area is 222 Å². The normalized spacial score (nSPS) is 11.1. The van der Waals surface area contributed by atoms with Crippen LogP contribution in [0.3, 0.4) is 0 Å². The highest BCUT2D eigenvalue weighted by Crippen LogP contribution is 2.25. The van der Waals surface area contributed by atoms with Crippen LogP contribution < -0.4 is 15.4 Å². The summed E-state index contributed by atoms with van der Waals surface area (Å²) in [4.78, 5) is 9.12. The minimum absolute atomic E-state index is 0.199. The van der Waals surface area contributed by atoms with Crippen LogP contribution in [0, 0.1) is 13.8 Å². The molecule has 0 spiro atoms. The maximum atomic E-state index is 12.9. The van der Waals surface area contributed by atoms with E-state index in [-0.39, 0.29) is 4.90 Å². The van der Waals surface area contributed by atoms with Gasteiger partial charge in [0.05, 0.1) is 4.90 Å². The van der Waals surface area contributed by atoms with E-state index in [9.17, 15) is 8.42 Å². The van der Waals surface area contributed by atoms with Gasteiger partial charge in [-0.25, -0.2) is 18.4 Å². The van der Waals surface area contributed by atoms with Gasteiger partial charge in [0.15, 0.2) is 0 Å². The van der Waals surface area contributed by atoms with Crippen molar-refractivity contribution in [2.24, 2.45) is 0 Å². The number of nitrogens with one attached hydrogen (secondary N) is 3. The molecule has 0 atom stereocenters. The Morgan fingerprint density at radius 2 is 1.08 bits per heavy atom. The first-order valence-corrected chi connectivity index (χ1v) is 13.6. The lowest BCUT2D eigenvalue weighted by Crippen LogP contribution is -2.12. The Hall–Kier alpha value is -4.69. The van der Waals surface area contributed by atoms with Crippen LogP contribution in [0.2, 0.25) is 0 Å². The van der Waals surface area contributed by atoms with Crippen molar-refractivity contribution in [1.29, 1.82) is 0 Å². The van der Waals surface area contributed by atoms with Gasteiger partial charge in [-0.05, 0) is 73.5 Å². The first kappa shape index (κ1) is 25.0. The van der Waals surface area contributed by atoms with E-state index < -0.39 is 10.0 Å². The van der Waals surface area contributed by atoms with Crippen molar-refractivity contribution in [3.8, 4) is 11.1 Å². The lowest BCUT2D eigenvalue weighted by atomic mass is 10.1. The van der Waals surface area contributed by atoms with Crippen LogP contribution >= 0.6 is 0 Å². The largest absolute Gasteiger partial charge is 0.340 e. The summed E-state index contributed by atoms with van der Waals surface area (Å²) in [5.74, 6) is 1.91. The molecule has 5 aromatic rings. The van der Waals surface area contributed by atoms with Crippen LogP contribution in [0.4, 0.5) is 28.7 Å². The molecule has 0 aliphatic carbocycles. The van der Waals surface area contributed by atoms with E-state index in [1.165, 1.54) is 5.56 Å². The molecule has 0 aliphatic heterocycles. The summed E-state index contributed by atoms with van der Waals surface area (Å²) in [6.07, 6.45) is 0. The third-order valence-electron chi connectivity index (χ3n) is 5.84. The number of aromatic nitrogens is 2. The molecule has 0 amide bonds. The highest BCUT2D eigenvalue weighted by molar-refractivity contribution is 7.92. The van der Waals surface area contributed by atoms with Gasteiger partial charge in [0.2, 0.25) is 0 Å². The van der Waals surface area contributed by atoms with Gasteiger partial charge in [0.1, 0.15) is 17.5 Å². The van der Waals surface area contributed by atoms with E-state index in [2.05, 4.69) is 25.3 Å². The summed E-state index contributed by atoms with van der Waals surface area (Å²) >= 11 is 0. The molecule has 3 N–H and O–H groups in total. The number of hydrogen-bond donors (Lipinski definition) is 3. The third-order valence-corrected chi connectivity index (χ3v) is 7.24. The van der Waals surface area contributed by atoms with Crippen molar-refractivity contribution in [1.82, 2.24) is 9.97 Å². The van der Waals surface area contributed by atoms with E-state index in [4.69, 9.17) is 0 Å². The van der Waals surface area contributed by atoms with E-state index in [1.807, 2.05) is 86.6 Å². The van der Waals surface area contributed by atoms with Crippen LogP contribution in [0.25, 0.3) is 11.1 Å². The second-order valence-electron chi connectivity index (χ2n) is 8.87. The molecule has 0 radical (unpaired) electrons. The van der Waals surface area contributed by atoms with E-state index in [0.29, 0.717) is 23.1 Å². The fourth-order valence-electron chi connectivity index (χ4n) is 3.92. The van der Waals surface area contributed by atoms with Crippen molar-refractivity contribution in [3.63, 3.8) is 0 Å². The van der Waals surface area contributed by atoms with Crippen molar-refractivity contribution in [3.05, 3.63) is 121 Å². The molecule has 1 heterocycles. The number of nitrogens with zero attached hydrogens (tertiary/aromatic N) is 2. The van der Waals surface area contributed by atoms with Gasteiger partial charge in [0, 0.05) is 23.1 Å². The molecule has 5 rings (SSSR count). The molecule has 8 heteroatoms. The van der Waals surface area contributed by atoms with Gasteiger partial charge >= 0.3 is 0 Å². The van der Waals surface area contributed by atoms with Gasteiger partial charge < -0.3 is 10.6 Å². The van der Waals surface area contributed by atoms with Crippen LogP contribution in [0.1, 0.15) is 11.4 Å². The summed E-state index contributed by atoms with van der Waals surface area (Å²) < 4.78 is 28.5. The maximum absolute atomic E-state index is 12.9. The fraction of sp³-hybridized carbons (Fsp3) is 0.0667. The summed E-state index contributed by atoms with van der Waals surface area (Å²) in [6, 6.07) is 33.5. The Morgan fingerprint density at radius 3 is 1.66 bits per heavy atom. The Kier molecular flexibility index (Phi) is 7.06. The van der Waals surface area contributed by atoms with Gasteiger partial charge in [-0.3, -0.25) is 4.72 Å². The first-order valence-electron chi connectivity index (χ1n) is 12.1. The highest BCUT2D eigenvalue weighted by Gasteiger charge is 2.14. The molecule has 0 unspecified atom stereocenters. The summed E-state index contributed by atoms with van der Waals surface area (Å²) in [5.41, 5.74) is 5.33. The average Bonchev–Trinajstić information content (AvgIpc) is 2.91. The molecule has 0 saturated carbocycles. The van der Waals surface area contributed by atoms with Gasteiger partial charge in [-0.1, -0.05) is 60.2 Å². The Bertz CT molecular complexity index is 1640. The van der Waals surface area contributed by atoms with Gasteiger partial charge in [0.25, 0.3) is 10.0 Å². The molecule has 0 bridgehead atoms. The minimum Gasteiger partial charge on any atom is -0.340 e. The number of rotatable bonds is 8. The number of sulfonamides is 1. The standard InChI is InChI=1S/C30H27N5O2S/c1-21-8-12-25(13-9-21)33-29-20-30(32-22(2)31-29)34-26-14-16-27(17-15-26)35-38(36,37)28-18-10-24(11-19-28)23-6-4-3-5-7-23/h3-20,35H,1-2H3,(H2,31,32,33,34). The molecular formula is C30H27N5O2S. The predicted octanol–water partition coefficient (Wildman–Crippen LogP) is 7.05. The maximum Gasteiger partial charge on any atom is 0.261 e. The molecular weight excluding hydrogens is 494 g/mol. The highest BCUT2D eigenvalue weighted by atomic mass is 32.2. The Balaban J connectivity index is 1.25. The predicted molar refractivity (Wildman–Crippen MR) is 154 cm³/mol. The average molecular weight is 522 g/mol. The topological polar surface area (TPSA) is 96.0 Å². The molecule has 190 valence electrons. The molecule has 0 fully saturated rings. The number of anilines is 5. The van der Waals surface area contributed by atoms with E-state index >= 15 is 0 Å². The number of aryl methyl sites for hydroxylation is 2. The molecule has 7 nitrogen and oxygen atoms in total. The second-order valence-corrected chi connectivity index (χ2v) is 10.6. The third kappa shape index (κ3) is 6.16. The zero-order valence-electron chi connectivity index (χ0n) is 21.0. The SMILES string of the molecule is Cc1ccc(Nc2cc(Nc3ccc(NS(=O)(=O)c4ccc(-c5ccccc5)cc4)cc3)nc(C)n2)cc1. The number of benzene rings is 4. The van der Waals surface area contributed by atoms with Crippen molar-refractivity contribution < 1.29 is 8.42 Å². The molecule has 0 aliphatic rings. The Morgan fingerprint density at radius 1 is 0.579 bits per heavy atom. The lowest BCUT2D eigenvalue weighted by molar-refractivity contribution is 0.601. The minimum atomic E-state index is -3.73. The first-order chi connectivity index (χ1) is 18.3. The smallest absolute Gasteiger partial charge is 0.261 e. The quantitative estimate of drug-likeness (QED) is 0.203. The zero-order chi connectivity index (χ0) is 26.5. The molecule has 1 aromatic heterocycles. The van der Waals surface area contributed by atoms with Crippen LogP contribution in [0.5, 0.6) is 0 Å². The van der Waals surface area contributed by atoms with E-state index in [1.54, 1.807) is 36.4 Å². The van der Waals surface area contributed by atoms with E-state index in [0.717, 1.165) is 22.5 Å². The van der Waals surface area contributed by atoms with Crippen molar-refractivity contribution in [2.45, 2.75) is 18.7 Å². The second kappa shape index (κ2) is 10.7.